The monoisotopic (exact) mass is 165 g/mol. The third-order valence-corrected chi connectivity index (χ3v) is 2.82. The molecule has 1 N–H and O–H groups in total. The standard InChI is InChI=1S/C11H19N/c1-4-5-6-7-11(12-3)10-8-9(10)2/h9-12H,6-8H2,1-3H3. The average molecular weight is 165 g/mol. The molecular weight excluding hydrogens is 146 g/mol. The lowest BCUT2D eigenvalue weighted by atomic mass is 10.1. The highest BCUT2D eigenvalue weighted by Crippen LogP contribution is 2.41. The molecule has 3 atom stereocenters. The fraction of sp³-hybridized carbons (Fsp3) is 0.818. The highest BCUT2D eigenvalue weighted by Gasteiger charge is 2.37. The van der Waals surface area contributed by atoms with Gasteiger partial charge in [0.05, 0.1) is 0 Å². The van der Waals surface area contributed by atoms with Gasteiger partial charge >= 0.3 is 0 Å². The molecule has 68 valence electrons. The number of hydrogen-bond acceptors (Lipinski definition) is 1. The van der Waals surface area contributed by atoms with Gasteiger partial charge in [0, 0.05) is 12.5 Å². The molecule has 1 aliphatic carbocycles. The summed E-state index contributed by atoms with van der Waals surface area (Å²) in [6.45, 7) is 4.24. The molecule has 1 fully saturated rings. The summed E-state index contributed by atoms with van der Waals surface area (Å²) < 4.78 is 0. The van der Waals surface area contributed by atoms with Gasteiger partial charge in [0.25, 0.3) is 0 Å². The van der Waals surface area contributed by atoms with E-state index in [0.717, 1.165) is 18.3 Å². The first-order valence-corrected chi connectivity index (χ1v) is 4.86. The van der Waals surface area contributed by atoms with Gasteiger partial charge in [0.2, 0.25) is 0 Å². The first kappa shape index (κ1) is 9.61. The first-order chi connectivity index (χ1) is 5.79. The average Bonchev–Trinajstić information content (AvgIpc) is 2.77. The van der Waals surface area contributed by atoms with E-state index in [1.807, 2.05) is 6.92 Å². The molecule has 0 aromatic rings. The maximum atomic E-state index is 3.39. The van der Waals surface area contributed by atoms with E-state index in [-0.39, 0.29) is 0 Å². The smallest absolute Gasteiger partial charge is 0.0104 e. The SMILES string of the molecule is CC#CCCC(NC)C1CC1C. The van der Waals surface area contributed by atoms with Crippen LogP contribution >= 0.6 is 0 Å². The van der Waals surface area contributed by atoms with Crippen LogP contribution in [0.5, 0.6) is 0 Å². The molecule has 0 aromatic carbocycles. The van der Waals surface area contributed by atoms with Crippen LogP contribution < -0.4 is 5.32 Å². The van der Waals surface area contributed by atoms with Crippen molar-refractivity contribution in [2.75, 3.05) is 7.05 Å². The van der Waals surface area contributed by atoms with Gasteiger partial charge in [-0.1, -0.05) is 6.92 Å². The Kier molecular flexibility index (Phi) is 3.62. The lowest BCUT2D eigenvalue weighted by molar-refractivity contribution is 0.457. The molecule has 0 aliphatic heterocycles. The van der Waals surface area contributed by atoms with Crippen LogP contribution in [-0.2, 0) is 0 Å². The zero-order valence-corrected chi connectivity index (χ0v) is 8.35. The van der Waals surface area contributed by atoms with Crippen molar-refractivity contribution in [3.8, 4) is 11.8 Å². The van der Waals surface area contributed by atoms with Crippen LogP contribution in [0.15, 0.2) is 0 Å². The van der Waals surface area contributed by atoms with Crippen LogP contribution in [0, 0.1) is 23.7 Å². The van der Waals surface area contributed by atoms with E-state index < -0.39 is 0 Å². The number of rotatable bonds is 4. The van der Waals surface area contributed by atoms with Gasteiger partial charge in [-0.05, 0) is 38.6 Å². The molecule has 0 amide bonds. The summed E-state index contributed by atoms with van der Waals surface area (Å²) in [5, 5.41) is 3.39. The molecule has 1 saturated carbocycles. The largest absolute Gasteiger partial charge is 0.317 e. The summed E-state index contributed by atoms with van der Waals surface area (Å²) in [6.07, 6.45) is 3.67. The quantitative estimate of drug-likeness (QED) is 0.629. The maximum absolute atomic E-state index is 3.39. The minimum absolute atomic E-state index is 0.709. The van der Waals surface area contributed by atoms with E-state index >= 15 is 0 Å². The molecule has 0 saturated heterocycles. The van der Waals surface area contributed by atoms with Crippen molar-refractivity contribution in [2.45, 2.75) is 39.2 Å². The van der Waals surface area contributed by atoms with Crippen molar-refractivity contribution in [3.05, 3.63) is 0 Å². The van der Waals surface area contributed by atoms with Gasteiger partial charge < -0.3 is 5.32 Å². The van der Waals surface area contributed by atoms with Crippen molar-refractivity contribution in [2.24, 2.45) is 11.8 Å². The molecule has 0 aromatic heterocycles. The Morgan fingerprint density at radius 3 is 2.67 bits per heavy atom. The Morgan fingerprint density at radius 1 is 1.58 bits per heavy atom. The fourth-order valence-electron chi connectivity index (χ4n) is 1.84. The summed E-state index contributed by atoms with van der Waals surface area (Å²) in [5.41, 5.74) is 0. The van der Waals surface area contributed by atoms with Crippen molar-refractivity contribution in [1.29, 1.82) is 0 Å². The molecule has 1 rings (SSSR count). The van der Waals surface area contributed by atoms with E-state index in [2.05, 4.69) is 31.1 Å². The first-order valence-electron chi connectivity index (χ1n) is 4.86. The van der Waals surface area contributed by atoms with Crippen LogP contribution in [0.4, 0.5) is 0 Å². The predicted octanol–water partition coefficient (Wildman–Crippen LogP) is 2.03. The highest BCUT2D eigenvalue weighted by atomic mass is 14.9. The molecule has 12 heavy (non-hydrogen) atoms. The van der Waals surface area contributed by atoms with E-state index in [0.29, 0.717) is 6.04 Å². The van der Waals surface area contributed by atoms with Crippen LogP contribution in [0.1, 0.15) is 33.1 Å². The van der Waals surface area contributed by atoms with E-state index in [9.17, 15) is 0 Å². The number of nitrogens with one attached hydrogen (secondary N) is 1. The van der Waals surface area contributed by atoms with Gasteiger partial charge in [-0.25, -0.2) is 0 Å². The van der Waals surface area contributed by atoms with Crippen LogP contribution in [0.3, 0.4) is 0 Å². The van der Waals surface area contributed by atoms with Gasteiger partial charge in [-0.15, -0.1) is 11.8 Å². The second-order valence-corrected chi connectivity index (χ2v) is 3.74. The molecule has 1 nitrogen and oxygen atoms in total. The van der Waals surface area contributed by atoms with Gasteiger partial charge in [-0.2, -0.15) is 0 Å². The Balaban J connectivity index is 2.20. The molecule has 0 spiro atoms. The zero-order chi connectivity index (χ0) is 8.97. The summed E-state index contributed by atoms with van der Waals surface area (Å²) in [5.74, 6) is 7.93. The lowest BCUT2D eigenvalue weighted by Gasteiger charge is -2.13. The summed E-state index contributed by atoms with van der Waals surface area (Å²) >= 11 is 0. The Morgan fingerprint density at radius 2 is 2.25 bits per heavy atom. The Bertz CT molecular complexity index is 187. The van der Waals surface area contributed by atoms with Crippen LogP contribution in [-0.4, -0.2) is 13.1 Å². The molecular formula is C11H19N. The topological polar surface area (TPSA) is 12.0 Å². The highest BCUT2D eigenvalue weighted by molar-refractivity contribution is 4.98. The van der Waals surface area contributed by atoms with Gasteiger partial charge in [-0.3, -0.25) is 0 Å². The third-order valence-electron chi connectivity index (χ3n) is 2.82. The van der Waals surface area contributed by atoms with Crippen LogP contribution in [0.2, 0.25) is 0 Å². The molecule has 0 heterocycles. The lowest BCUT2D eigenvalue weighted by Crippen LogP contribution is -2.27. The minimum atomic E-state index is 0.709. The zero-order valence-electron chi connectivity index (χ0n) is 8.35. The summed E-state index contributed by atoms with van der Waals surface area (Å²) in [6, 6.07) is 0.709. The normalized spacial score (nSPS) is 28.9. The summed E-state index contributed by atoms with van der Waals surface area (Å²) in [4.78, 5) is 0. The van der Waals surface area contributed by atoms with Crippen molar-refractivity contribution in [1.82, 2.24) is 5.32 Å². The van der Waals surface area contributed by atoms with E-state index in [1.165, 1.54) is 12.8 Å². The second kappa shape index (κ2) is 4.52. The van der Waals surface area contributed by atoms with E-state index in [4.69, 9.17) is 0 Å². The molecule has 0 bridgehead atoms. The Hall–Kier alpha value is -0.480. The molecule has 1 aliphatic rings. The van der Waals surface area contributed by atoms with Gasteiger partial charge in [0.15, 0.2) is 0 Å². The van der Waals surface area contributed by atoms with Gasteiger partial charge in [0.1, 0.15) is 0 Å². The molecule has 3 unspecified atom stereocenters. The molecule has 1 heteroatoms. The Labute approximate surface area is 75.9 Å². The fourth-order valence-corrected chi connectivity index (χ4v) is 1.84. The third kappa shape index (κ3) is 2.53. The van der Waals surface area contributed by atoms with Crippen LogP contribution in [0.25, 0.3) is 0 Å². The second-order valence-electron chi connectivity index (χ2n) is 3.74. The van der Waals surface area contributed by atoms with Crippen molar-refractivity contribution in [3.63, 3.8) is 0 Å². The van der Waals surface area contributed by atoms with E-state index in [1.54, 1.807) is 0 Å². The van der Waals surface area contributed by atoms with Crippen molar-refractivity contribution < 1.29 is 0 Å². The number of hydrogen-bond donors (Lipinski definition) is 1. The summed E-state index contributed by atoms with van der Waals surface area (Å²) in [7, 11) is 2.06. The molecule has 0 radical (unpaired) electrons. The van der Waals surface area contributed by atoms with Crippen molar-refractivity contribution >= 4 is 0 Å². The predicted molar refractivity (Wildman–Crippen MR) is 52.8 cm³/mol. The minimum Gasteiger partial charge on any atom is -0.317 e. The maximum Gasteiger partial charge on any atom is 0.0104 e.